The molecule has 0 saturated heterocycles. The minimum Gasteiger partial charge on any atom is -0.382 e. The fourth-order valence-electron chi connectivity index (χ4n) is 0.543. The second kappa shape index (κ2) is 7.55. The molecule has 0 saturated carbocycles. The van der Waals surface area contributed by atoms with E-state index in [1.807, 2.05) is 0 Å². The molecule has 0 rings (SSSR count). The van der Waals surface area contributed by atoms with E-state index in [1.54, 1.807) is 0 Å². The molecular weight excluding hydrogens is 172 g/mol. The first-order valence-electron chi connectivity index (χ1n) is 3.82. The third kappa shape index (κ3) is 6.11. The Kier molecular flexibility index (Phi) is 6.92. The number of hydroxylamine groups is 1. The van der Waals surface area contributed by atoms with Crippen LogP contribution in [0.25, 0.3) is 0 Å². The summed E-state index contributed by atoms with van der Waals surface area (Å²) in [5, 5.41) is 0. The Morgan fingerprint density at radius 1 is 1.69 bits per heavy atom. The van der Waals surface area contributed by atoms with Gasteiger partial charge in [-0.25, -0.2) is 5.48 Å². The van der Waals surface area contributed by atoms with E-state index < -0.39 is 11.9 Å². The maximum absolute atomic E-state index is 11.0. The van der Waals surface area contributed by atoms with E-state index in [1.165, 1.54) is 7.11 Å². The van der Waals surface area contributed by atoms with E-state index in [0.29, 0.717) is 6.61 Å². The quantitative estimate of drug-likeness (QED) is 0.318. The number of ether oxygens (including phenoxy) is 1. The summed E-state index contributed by atoms with van der Waals surface area (Å²) in [4.78, 5) is 15.7. The lowest BCUT2D eigenvalue weighted by atomic mass is 10.2. The van der Waals surface area contributed by atoms with Gasteiger partial charge < -0.3 is 10.5 Å². The average molecular weight is 186 g/mol. The third-order valence-electron chi connectivity index (χ3n) is 1.24. The molecule has 0 fully saturated rings. The van der Waals surface area contributed by atoms with E-state index in [-0.39, 0.29) is 13.0 Å². The largest absolute Gasteiger partial charge is 0.382 e. The molecule has 0 aromatic carbocycles. The van der Waals surface area contributed by atoms with Crippen molar-refractivity contribution >= 4 is 5.91 Å². The molecule has 5 heteroatoms. The van der Waals surface area contributed by atoms with E-state index >= 15 is 0 Å². The Hall–Kier alpha value is -1.09. The molecule has 0 heterocycles. The van der Waals surface area contributed by atoms with Gasteiger partial charge in [-0.15, -0.1) is 12.3 Å². The van der Waals surface area contributed by atoms with Gasteiger partial charge in [0, 0.05) is 13.5 Å². The van der Waals surface area contributed by atoms with Gasteiger partial charge in [0.25, 0.3) is 5.91 Å². The Balaban J connectivity index is 3.45. The van der Waals surface area contributed by atoms with Crippen molar-refractivity contribution in [3.05, 3.63) is 0 Å². The first kappa shape index (κ1) is 11.9. The zero-order chi connectivity index (χ0) is 10.1. The van der Waals surface area contributed by atoms with Gasteiger partial charge in [0.2, 0.25) is 0 Å². The van der Waals surface area contributed by atoms with Crippen molar-refractivity contribution in [2.45, 2.75) is 12.5 Å². The Bertz CT molecular complexity index is 188. The van der Waals surface area contributed by atoms with Crippen LogP contribution in [0.2, 0.25) is 0 Å². The van der Waals surface area contributed by atoms with Crippen molar-refractivity contribution in [1.29, 1.82) is 0 Å². The highest BCUT2D eigenvalue weighted by Gasteiger charge is 2.10. The summed E-state index contributed by atoms with van der Waals surface area (Å²) in [5.41, 5.74) is 7.54. The van der Waals surface area contributed by atoms with Crippen LogP contribution in [0.4, 0.5) is 0 Å². The fraction of sp³-hybridized carbons (Fsp3) is 0.625. The highest BCUT2D eigenvalue weighted by molar-refractivity contribution is 5.80. The topological polar surface area (TPSA) is 73.6 Å². The first-order chi connectivity index (χ1) is 6.22. The highest BCUT2D eigenvalue weighted by atomic mass is 16.7. The summed E-state index contributed by atoms with van der Waals surface area (Å²) in [6.45, 7) is 0.690. The van der Waals surface area contributed by atoms with Gasteiger partial charge in [-0.2, -0.15) is 0 Å². The molecular formula is C8H14N2O3. The minimum atomic E-state index is -0.715. The third-order valence-corrected chi connectivity index (χ3v) is 1.24. The normalized spacial score (nSPS) is 11.8. The van der Waals surface area contributed by atoms with Gasteiger partial charge in [-0.1, -0.05) is 0 Å². The summed E-state index contributed by atoms with van der Waals surface area (Å²) in [6, 6.07) is -0.715. The molecule has 0 aromatic rings. The second-order valence-corrected chi connectivity index (χ2v) is 2.32. The lowest BCUT2D eigenvalue weighted by Crippen LogP contribution is -2.40. The van der Waals surface area contributed by atoms with E-state index in [4.69, 9.17) is 21.7 Å². The molecule has 0 aliphatic carbocycles. The van der Waals surface area contributed by atoms with Gasteiger partial charge in [-0.05, 0) is 0 Å². The lowest BCUT2D eigenvalue weighted by molar-refractivity contribution is -0.135. The summed E-state index contributed by atoms with van der Waals surface area (Å²) in [6.07, 6.45) is 5.17. The summed E-state index contributed by atoms with van der Waals surface area (Å²) < 4.78 is 4.69. The molecule has 1 atom stereocenters. The van der Waals surface area contributed by atoms with Crippen LogP contribution in [-0.4, -0.2) is 32.3 Å². The van der Waals surface area contributed by atoms with E-state index in [9.17, 15) is 4.79 Å². The molecule has 74 valence electrons. The Morgan fingerprint density at radius 3 is 2.92 bits per heavy atom. The van der Waals surface area contributed by atoms with E-state index in [2.05, 4.69) is 11.4 Å². The number of amides is 1. The monoisotopic (exact) mass is 186 g/mol. The van der Waals surface area contributed by atoms with Gasteiger partial charge in [0.1, 0.15) is 0 Å². The number of methoxy groups -OCH3 is 1. The van der Waals surface area contributed by atoms with Crippen LogP contribution in [0.15, 0.2) is 0 Å². The lowest BCUT2D eigenvalue weighted by Gasteiger charge is -2.08. The average Bonchev–Trinajstić information content (AvgIpc) is 2.12. The molecule has 1 unspecified atom stereocenters. The predicted molar refractivity (Wildman–Crippen MR) is 47.4 cm³/mol. The molecule has 0 aromatic heterocycles. The van der Waals surface area contributed by atoms with Crippen molar-refractivity contribution in [3.8, 4) is 12.3 Å². The second-order valence-electron chi connectivity index (χ2n) is 2.32. The first-order valence-corrected chi connectivity index (χ1v) is 3.82. The number of terminal acetylenes is 1. The molecule has 3 N–H and O–H groups in total. The smallest absolute Gasteiger partial charge is 0.261 e. The van der Waals surface area contributed by atoms with Gasteiger partial charge in [-0.3, -0.25) is 9.63 Å². The zero-order valence-corrected chi connectivity index (χ0v) is 7.58. The van der Waals surface area contributed by atoms with Crippen LogP contribution in [0.3, 0.4) is 0 Å². The molecule has 0 bridgehead atoms. The van der Waals surface area contributed by atoms with Crippen LogP contribution in [0.1, 0.15) is 6.42 Å². The maximum atomic E-state index is 11.0. The summed E-state index contributed by atoms with van der Waals surface area (Å²) in [5.74, 6) is 1.86. The molecule has 0 aliphatic heterocycles. The highest BCUT2D eigenvalue weighted by Crippen LogP contribution is 1.85. The van der Waals surface area contributed by atoms with E-state index in [0.717, 1.165) is 0 Å². The summed E-state index contributed by atoms with van der Waals surface area (Å²) in [7, 11) is 1.54. The number of hydrogen-bond donors (Lipinski definition) is 2. The van der Waals surface area contributed by atoms with Gasteiger partial charge in [0.05, 0.1) is 19.3 Å². The number of rotatable bonds is 6. The van der Waals surface area contributed by atoms with Crippen LogP contribution in [-0.2, 0) is 14.4 Å². The van der Waals surface area contributed by atoms with Crippen molar-refractivity contribution < 1.29 is 14.4 Å². The van der Waals surface area contributed by atoms with Gasteiger partial charge >= 0.3 is 0 Å². The molecule has 0 aliphatic rings. The van der Waals surface area contributed by atoms with Crippen molar-refractivity contribution in [1.82, 2.24) is 5.48 Å². The van der Waals surface area contributed by atoms with Crippen LogP contribution >= 0.6 is 0 Å². The van der Waals surface area contributed by atoms with Gasteiger partial charge in [0.15, 0.2) is 0 Å². The van der Waals surface area contributed by atoms with Crippen molar-refractivity contribution in [2.24, 2.45) is 5.73 Å². The minimum absolute atomic E-state index is 0.194. The number of hydrogen-bond acceptors (Lipinski definition) is 4. The van der Waals surface area contributed by atoms with Crippen molar-refractivity contribution in [2.75, 3.05) is 20.3 Å². The maximum Gasteiger partial charge on any atom is 0.261 e. The van der Waals surface area contributed by atoms with Crippen LogP contribution in [0.5, 0.6) is 0 Å². The molecule has 0 spiro atoms. The number of carbonyl (C=O) groups is 1. The number of nitrogens with one attached hydrogen (secondary N) is 1. The molecule has 5 nitrogen and oxygen atoms in total. The summed E-state index contributed by atoms with van der Waals surface area (Å²) >= 11 is 0. The molecule has 1 amide bonds. The SMILES string of the molecule is C#CCC(N)C(=O)NOCCOC. The number of nitrogens with two attached hydrogens (primary N) is 1. The molecule has 13 heavy (non-hydrogen) atoms. The predicted octanol–water partition coefficient (Wildman–Crippen LogP) is -0.969. The standard InChI is InChI=1S/C8H14N2O3/c1-3-4-7(9)8(11)10-13-6-5-12-2/h1,7H,4-6,9H2,2H3,(H,10,11). The number of carbonyl (C=O) groups excluding carboxylic acids is 1. The van der Waals surface area contributed by atoms with Crippen molar-refractivity contribution in [3.63, 3.8) is 0 Å². The zero-order valence-electron chi connectivity index (χ0n) is 7.58. The fourth-order valence-corrected chi connectivity index (χ4v) is 0.543. The Labute approximate surface area is 77.5 Å². The van der Waals surface area contributed by atoms with Crippen LogP contribution in [0, 0.1) is 12.3 Å². The Morgan fingerprint density at radius 2 is 2.38 bits per heavy atom. The molecule has 0 radical (unpaired) electrons. The van der Waals surface area contributed by atoms with Crippen LogP contribution < -0.4 is 11.2 Å².